The van der Waals surface area contributed by atoms with E-state index in [2.05, 4.69) is 309 Å². The van der Waals surface area contributed by atoms with E-state index in [0.29, 0.717) is 46.6 Å². The fourth-order valence-corrected chi connectivity index (χ4v) is 19.2. The molecule has 24 rings (SSSR count). The fraction of sp³-hybridized carbons (Fsp3) is 0. The molecule has 0 N–H and O–H groups in total. The molecule has 0 saturated heterocycles. The molecule has 0 spiro atoms. The average Bonchev–Trinajstić information content (AvgIpc) is 1.61. The molecule has 20 heteroatoms. The lowest BCUT2D eigenvalue weighted by Gasteiger charge is -2.09. The molecule has 0 aliphatic rings. The van der Waals surface area contributed by atoms with Gasteiger partial charge in [-0.05, 0) is 178 Å². The highest BCUT2D eigenvalue weighted by molar-refractivity contribution is 7.26. The first-order chi connectivity index (χ1) is 63.1. The third kappa shape index (κ3) is 16.3. The Bertz CT molecular complexity index is 8110. The SMILES string of the molecule is Clc1nc(-c2ccc3c(c2)sc2ccccc23)nc(-c2cccc3c2sc2ccccc23)n1.Clc1nc(-c2cccc(-c3ccccc3)c2)nc(-c2cccc(-c3ccccc3)c2)n1.Clc1nc(-c2ccccc2)nc(-c2ccc(-n3c4ccccc4c4ccccc43)cc2)n1.Clc1nc(-c2ccccc2)nc(-c2ccc3c(c2)c2ccccc2n3-c2ccccc2)n1. The number of thiophene rings is 2. The van der Waals surface area contributed by atoms with Crippen molar-refractivity contribution in [1.29, 1.82) is 0 Å². The van der Waals surface area contributed by atoms with E-state index in [9.17, 15) is 0 Å². The Balaban J connectivity index is 0.000000104. The van der Waals surface area contributed by atoms with Gasteiger partial charge in [0.15, 0.2) is 46.6 Å². The van der Waals surface area contributed by atoms with Gasteiger partial charge < -0.3 is 9.13 Å². The van der Waals surface area contributed by atoms with Crippen LogP contribution in [-0.4, -0.2) is 68.9 Å². The molecular weight excluding hydrogens is 1700 g/mol. The van der Waals surface area contributed by atoms with Crippen LogP contribution in [0, 0.1) is 0 Å². The van der Waals surface area contributed by atoms with Gasteiger partial charge in [0.2, 0.25) is 21.1 Å². The molecule has 0 aliphatic heterocycles. The van der Waals surface area contributed by atoms with Gasteiger partial charge in [-0.2, -0.15) is 39.9 Å². The van der Waals surface area contributed by atoms with Crippen LogP contribution >= 0.6 is 69.1 Å². The second-order valence-corrected chi connectivity index (χ2v) is 33.5. The standard InChI is InChI=1S/2C27H17ClN4.C27H14ClN3S2.C27H18ClN3/c28-27-30-25(18-9-3-1-4-10-18)29-26(31-27)19-15-16-24-22(17-19)21-13-7-8-14-23(21)32(24)20-11-5-2-6-12-20;28-27-30-25(18-8-2-1-3-9-18)29-26(31-27)19-14-16-20(17-15-19)32-23-12-6-4-10-21(23)22-11-5-7-13-24(22)32;28-27-30-25(15-12-13-18-16-6-1-3-10-21(16)32-23(18)14-15)29-26(31-27)20-9-5-8-19-17-7-2-4-11-22(17)33-24(19)20;28-27-30-25(23-15-7-13-21(17-23)19-9-3-1-4-10-19)29-26(31-27)24-16-8-14-22(18-24)20-11-5-2-6-12-20/h2*1-17H;1-14H;1-18H. The monoisotopic (exact) mass is 1760 g/mol. The van der Waals surface area contributed by atoms with Crippen molar-refractivity contribution in [3.05, 3.63) is 422 Å². The van der Waals surface area contributed by atoms with Gasteiger partial charge in [0.1, 0.15) is 0 Å². The van der Waals surface area contributed by atoms with Crippen LogP contribution < -0.4 is 0 Å². The first-order valence-corrected chi connectivity index (χ1v) is 44.3. The van der Waals surface area contributed by atoms with E-state index >= 15 is 0 Å². The molecule has 0 amide bonds. The number of para-hydroxylation sites is 4. The summed E-state index contributed by atoms with van der Waals surface area (Å²) >= 11 is 28.7. The van der Waals surface area contributed by atoms with Gasteiger partial charge in [-0.15, -0.1) is 22.7 Å². The normalized spacial score (nSPS) is 11.3. The molecule has 8 aromatic heterocycles. The van der Waals surface area contributed by atoms with Crippen molar-refractivity contribution in [2.45, 2.75) is 0 Å². The van der Waals surface area contributed by atoms with Crippen molar-refractivity contribution in [2.24, 2.45) is 0 Å². The lowest BCUT2D eigenvalue weighted by Crippen LogP contribution is -1.98. The van der Waals surface area contributed by atoms with E-state index in [1.165, 1.54) is 62.8 Å². The van der Waals surface area contributed by atoms with E-state index in [1.807, 2.05) is 146 Å². The van der Waals surface area contributed by atoms with Gasteiger partial charge in [0.05, 0.1) is 22.1 Å². The summed E-state index contributed by atoms with van der Waals surface area (Å²) in [6.07, 6.45) is 0. The molecule has 14 nitrogen and oxygen atoms in total. The minimum Gasteiger partial charge on any atom is -0.309 e. The van der Waals surface area contributed by atoms with Crippen LogP contribution in [0.5, 0.6) is 0 Å². The Hall–Kier alpha value is -15.2. The lowest BCUT2D eigenvalue weighted by molar-refractivity contribution is 1.06. The maximum absolute atomic E-state index is 6.41. The topological polar surface area (TPSA) is 165 Å². The lowest BCUT2D eigenvalue weighted by atomic mass is 10.0. The third-order valence-corrected chi connectivity index (χ3v) is 25.2. The smallest absolute Gasteiger partial charge is 0.226 e. The third-order valence-electron chi connectivity index (χ3n) is 22.1. The molecule has 0 atom stereocenters. The van der Waals surface area contributed by atoms with E-state index in [1.54, 1.807) is 22.7 Å². The minimum atomic E-state index is 0.176. The van der Waals surface area contributed by atoms with E-state index < -0.39 is 0 Å². The van der Waals surface area contributed by atoms with Crippen molar-refractivity contribution >= 4 is 153 Å². The predicted molar refractivity (Wildman–Crippen MR) is 528 cm³/mol. The van der Waals surface area contributed by atoms with Gasteiger partial charge in [-0.25, -0.2) is 19.9 Å². The van der Waals surface area contributed by atoms with Gasteiger partial charge in [-0.1, -0.05) is 291 Å². The van der Waals surface area contributed by atoms with Crippen molar-refractivity contribution < 1.29 is 0 Å². The molecule has 8 heterocycles. The van der Waals surface area contributed by atoms with Crippen LogP contribution in [0.1, 0.15) is 0 Å². The fourth-order valence-electron chi connectivity index (χ4n) is 16.3. The second kappa shape index (κ2) is 35.4. The van der Waals surface area contributed by atoms with Gasteiger partial charge >= 0.3 is 0 Å². The number of halogens is 4. The Kier molecular flexibility index (Phi) is 22.1. The van der Waals surface area contributed by atoms with Crippen molar-refractivity contribution in [3.8, 4) is 125 Å². The first kappa shape index (κ1) is 79.9. The van der Waals surface area contributed by atoms with Crippen molar-refractivity contribution in [2.75, 3.05) is 0 Å². The largest absolute Gasteiger partial charge is 0.309 e. The molecule has 0 fully saturated rings. The second-order valence-electron chi connectivity index (χ2n) is 30.1. The average molecular weight is 1770 g/mol. The summed E-state index contributed by atoms with van der Waals surface area (Å²) in [6.45, 7) is 0. The summed E-state index contributed by atoms with van der Waals surface area (Å²) < 4.78 is 9.45. The molecule has 24 aromatic rings. The highest BCUT2D eigenvalue weighted by Crippen LogP contribution is 2.43. The molecule has 608 valence electrons. The maximum atomic E-state index is 6.41. The Morgan fingerprint density at radius 2 is 0.469 bits per heavy atom. The van der Waals surface area contributed by atoms with Crippen LogP contribution in [0.4, 0.5) is 0 Å². The number of fused-ring (bicyclic) bond motifs is 12. The van der Waals surface area contributed by atoms with E-state index in [4.69, 9.17) is 61.4 Å². The van der Waals surface area contributed by atoms with Crippen molar-refractivity contribution in [3.63, 3.8) is 0 Å². The van der Waals surface area contributed by atoms with Gasteiger partial charge in [0, 0.05) is 118 Å². The molecule has 0 aliphatic carbocycles. The molecule has 16 aromatic carbocycles. The molecule has 0 radical (unpaired) electrons. The summed E-state index contributed by atoms with van der Waals surface area (Å²) in [4.78, 5) is 54.1. The maximum Gasteiger partial charge on any atom is 0.226 e. The summed E-state index contributed by atoms with van der Waals surface area (Å²) in [6, 6.07) is 136. The zero-order chi connectivity index (χ0) is 86.0. The van der Waals surface area contributed by atoms with Crippen LogP contribution in [0.15, 0.2) is 400 Å². The summed E-state index contributed by atoms with van der Waals surface area (Å²) in [5.41, 5.74) is 18.6. The summed E-state index contributed by atoms with van der Waals surface area (Å²) in [5, 5.41) is 10.5. The first-order valence-electron chi connectivity index (χ1n) is 41.2. The van der Waals surface area contributed by atoms with Crippen LogP contribution in [0.25, 0.3) is 209 Å². The number of rotatable bonds is 12. The Morgan fingerprint density at radius 1 is 0.172 bits per heavy atom. The van der Waals surface area contributed by atoms with Crippen LogP contribution in [0.2, 0.25) is 21.1 Å². The zero-order valence-corrected chi connectivity index (χ0v) is 72.4. The number of aromatic nitrogens is 14. The Labute approximate surface area is 762 Å². The molecular formula is C108H66Cl4N14S2. The van der Waals surface area contributed by atoms with Gasteiger partial charge in [0.25, 0.3) is 0 Å². The van der Waals surface area contributed by atoms with E-state index in [-0.39, 0.29) is 21.1 Å². The predicted octanol–water partition coefficient (Wildman–Crippen LogP) is 29.7. The zero-order valence-electron chi connectivity index (χ0n) is 67.7. The number of benzene rings is 16. The van der Waals surface area contributed by atoms with E-state index in [0.717, 1.165) is 99.3 Å². The van der Waals surface area contributed by atoms with Crippen LogP contribution in [-0.2, 0) is 0 Å². The molecule has 0 bridgehead atoms. The quantitative estimate of drug-likeness (QED) is 0.114. The molecule has 0 saturated carbocycles. The molecule has 0 unspecified atom stereocenters. The summed E-state index contributed by atoms with van der Waals surface area (Å²) in [7, 11) is 0. The minimum absolute atomic E-state index is 0.176. The number of hydrogen-bond donors (Lipinski definition) is 0. The summed E-state index contributed by atoms with van der Waals surface area (Å²) in [5.74, 6) is 4.52. The van der Waals surface area contributed by atoms with Crippen molar-refractivity contribution in [1.82, 2.24) is 68.9 Å². The highest BCUT2D eigenvalue weighted by Gasteiger charge is 2.21. The van der Waals surface area contributed by atoms with Crippen LogP contribution in [0.3, 0.4) is 0 Å². The highest BCUT2D eigenvalue weighted by atomic mass is 35.5. The number of hydrogen-bond acceptors (Lipinski definition) is 14. The van der Waals surface area contributed by atoms with Gasteiger partial charge in [-0.3, -0.25) is 0 Å². The number of nitrogens with zero attached hydrogens (tertiary/aromatic N) is 14. The Morgan fingerprint density at radius 3 is 0.953 bits per heavy atom. The molecule has 128 heavy (non-hydrogen) atoms.